The second-order valence-electron chi connectivity index (χ2n) is 7.28. The predicted octanol–water partition coefficient (Wildman–Crippen LogP) is 4.60. The molecule has 4 rings (SSSR count). The van der Waals surface area contributed by atoms with Crippen LogP contribution in [0.15, 0.2) is 59.5 Å². The van der Waals surface area contributed by atoms with E-state index in [1.807, 2.05) is 18.2 Å². The molecule has 3 aromatic rings. The van der Waals surface area contributed by atoms with Gasteiger partial charge in [0.25, 0.3) is 10.0 Å². The number of halogens is 1. The summed E-state index contributed by atoms with van der Waals surface area (Å²) >= 11 is 6.04. The molecular weight excluding hydrogens is 452 g/mol. The maximum atomic E-state index is 13.0. The molecule has 9 heteroatoms. The molecule has 1 amide bonds. The number of carbonyl (C=O) groups is 2. The van der Waals surface area contributed by atoms with Gasteiger partial charge in [0, 0.05) is 24.0 Å². The molecule has 0 aliphatic carbocycles. The minimum absolute atomic E-state index is 0.107. The Bertz CT molecular complexity index is 1320. The fourth-order valence-corrected chi connectivity index (χ4v) is 5.72. The van der Waals surface area contributed by atoms with Crippen molar-refractivity contribution < 1.29 is 22.7 Å². The molecule has 32 heavy (non-hydrogen) atoms. The molecule has 0 unspecified atom stereocenters. The fraction of sp³-hybridized carbons (Fsp3) is 0.217. The molecule has 7 nitrogen and oxygen atoms in total. The Balaban J connectivity index is 1.42. The molecule has 0 radical (unpaired) electrons. The fourth-order valence-electron chi connectivity index (χ4n) is 3.77. The van der Waals surface area contributed by atoms with E-state index in [0.717, 1.165) is 5.39 Å². The first-order chi connectivity index (χ1) is 15.3. The van der Waals surface area contributed by atoms with E-state index in [1.165, 1.54) is 16.4 Å². The molecule has 0 spiro atoms. The minimum Gasteiger partial charge on any atom is -0.462 e. The topological polar surface area (TPSA) is 92.8 Å². The third kappa shape index (κ3) is 4.03. The third-order valence-corrected chi connectivity index (χ3v) is 7.38. The molecule has 0 bridgehead atoms. The van der Waals surface area contributed by atoms with E-state index in [1.54, 1.807) is 31.2 Å². The van der Waals surface area contributed by atoms with Gasteiger partial charge in [-0.05, 0) is 49.1 Å². The Morgan fingerprint density at radius 1 is 1.09 bits per heavy atom. The summed E-state index contributed by atoms with van der Waals surface area (Å²) < 4.78 is 32.3. The normalized spacial score (nSPS) is 13.9. The monoisotopic (exact) mass is 472 g/mol. The maximum Gasteiger partial charge on any atom is 0.339 e. The Morgan fingerprint density at radius 3 is 2.59 bits per heavy atom. The molecular formula is C23H21ClN2O5S. The smallest absolute Gasteiger partial charge is 0.339 e. The second kappa shape index (κ2) is 8.80. The number of ether oxygens (including phenoxy) is 1. The van der Waals surface area contributed by atoms with Crippen molar-refractivity contribution in [2.24, 2.45) is 0 Å². The van der Waals surface area contributed by atoms with Crippen LogP contribution in [0.1, 0.15) is 30.1 Å². The van der Waals surface area contributed by atoms with Crippen molar-refractivity contribution in [1.82, 2.24) is 0 Å². The standard InChI is InChI=1S/C23H21ClN2O5S/c1-2-31-23(28)17-14-16(11-12-18(17)24)25-21(27)10-5-13-26-19-8-3-6-15-7-4-9-20(22(15)19)32(26,29)30/h3-4,6-9,11-12,14H,2,5,10,13H2,1H3,(H,25,27). The van der Waals surface area contributed by atoms with Crippen molar-refractivity contribution in [2.45, 2.75) is 24.7 Å². The van der Waals surface area contributed by atoms with Gasteiger partial charge < -0.3 is 10.1 Å². The molecule has 3 aromatic carbocycles. The lowest BCUT2D eigenvalue weighted by molar-refractivity contribution is -0.116. The summed E-state index contributed by atoms with van der Waals surface area (Å²) in [6, 6.07) is 15.3. The van der Waals surface area contributed by atoms with Gasteiger partial charge in [-0.15, -0.1) is 0 Å². The van der Waals surface area contributed by atoms with E-state index >= 15 is 0 Å². The van der Waals surface area contributed by atoms with Crippen molar-refractivity contribution >= 4 is 55.6 Å². The molecule has 0 saturated heterocycles. The van der Waals surface area contributed by atoms with Crippen LogP contribution in [0.3, 0.4) is 0 Å². The highest BCUT2D eigenvalue weighted by molar-refractivity contribution is 7.93. The first kappa shape index (κ1) is 22.1. The van der Waals surface area contributed by atoms with Crippen LogP contribution in [0.4, 0.5) is 11.4 Å². The zero-order chi connectivity index (χ0) is 22.9. The predicted molar refractivity (Wildman–Crippen MR) is 124 cm³/mol. The highest BCUT2D eigenvalue weighted by Crippen LogP contribution is 2.42. The molecule has 1 heterocycles. The molecule has 166 valence electrons. The van der Waals surface area contributed by atoms with Gasteiger partial charge in [-0.3, -0.25) is 9.10 Å². The number of amides is 1. The van der Waals surface area contributed by atoms with Gasteiger partial charge in [0.2, 0.25) is 5.91 Å². The molecule has 1 aliphatic heterocycles. The molecule has 0 atom stereocenters. The van der Waals surface area contributed by atoms with Gasteiger partial charge in [-0.25, -0.2) is 13.2 Å². The van der Waals surface area contributed by atoms with E-state index in [2.05, 4.69) is 5.32 Å². The largest absolute Gasteiger partial charge is 0.462 e. The first-order valence-electron chi connectivity index (χ1n) is 10.1. The van der Waals surface area contributed by atoms with Crippen LogP contribution in [-0.4, -0.2) is 33.4 Å². The van der Waals surface area contributed by atoms with Crippen LogP contribution in [0.25, 0.3) is 10.8 Å². The average Bonchev–Trinajstić information content (AvgIpc) is 2.98. The van der Waals surface area contributed by atoms with E-state index in [0.29, 0.717) is 28.1 Å². The molecule has 1 N–H and O–H groups in total. The lowest BCUT2D eigenvalue weighted by Crippen LogP contribution is -2.29. The van der Waals surface area contributed by atoms with E-state index in [-0.39, 0.29) is 36.1 Å². The number of sulfonamides is 1. The summed E-state index contributed by atoms with van der Waals surface area (Å²) in [5.74, 6) is -0.865. The average molecular weight is 473 g/mol. The number of nitrogens with one attached hydrogen (secondary N) is 1. The van der Waals surface area contributed by atoms with Crippen molar-refractivity contribution in [3.8, 4) is 0 Å². The number of hydrogen-bond donors (Lipinski definition) is 1. The van der Waals surface area contributed by atoms with Crippen LogP contribution in [0, 0.1) is 0 Å². The highest BCUT2D eigenvalue weighted by Gasteiger charge is 2.35. The summed E-state index contributed by atoms with van der Waals surface area (Å²) in [6.45, 7) is 2.08. The Hall–Kier alpha value is -3.10. The molecule has 0 aromatic heterocycles. The zero-order valence-electron chi connectivity index (χ0n) is 17.3. The number of anilines is 2. The number of nitrogens with zero attached hydrogens (tertiary/aromatic N) is 1. The van der Waals surface area contributed by atoms with Crippen LogP contribution in [0.2, 0.25) is 5.02 Å². The summed E-state index contributed by atoms with van der Waals surface area (Å²) in [6.07, 6.45) is 0.434. The Morgan fingerprint density at radius 2 is 1.84 bits per heavy atom. The second-order valence-corrected chi connectivity index (χ2v) is 9.51. The highest BCUT2D eigenvalue weighted by atomic mass is 35.5. The van der Waals surface area contributed by atoms with Crippen molar-refractivity contribution in [3.63, 3.8) is 0 Å². The number of benzene rings is 3. The van der Waals surface area contributed by atoms with Crippen molar-refractivity contribution in [1.29, 1.82) is 0 Å². The van der Waals surface area contributed by atoms with Gasteiger partial charge in [-0.2, -0.15) is 0 Å². The SMILES string of the molecule is CCOC(=O)c1cc(NC(=O)CCCN2c3cccc4cccc(c34)S2(=O)=O)ccc1Cl. The minimum atomic E-state index is -3.65. The number of rotatable bonds is 7. The number of esters is 1. The number of carbonyl (C=O) groups excluding carboxylic acids is 2. The van der Waals surface area contributed by atoms with E-state index in [9.17, 15) is 18.0 Å². The van der Waals surface area contributed by atoms with Crippen molar-refractivity contribution in [2.75, 3.05) is 22.8 Å². The van der Waals surface area contributed by atoms with Gasteiger partial charge in [0.1, 0.15) is 0 Å². The van der Waals surface area contributed by atoms with Gasteiger partial charge in [0.05, 0.1) is 27.8 Å². The molecule has 0 saturated carbocycles. The first-order valence-corrected chi connectivity index (χ1v) is 12.0. The van der Waals surface area contributed by atoms with Gasteiger partial charge in [-0.1, -0.05) is 35.9 Å². The quantitative estimate of drug-likeness (QED) is 0.507. The summed E-state index contributed by atoms with van der Waals surface area (Å²) in [5.41, 5.74) is 1.21. The third-order valence-electron chi connectivity index (χ3n) is 5.19. The molecule has 1 aliphatic rings. The number of hydrogen-bond acceptors (Lipinski definition) is 5. The summed E-state index contributed by atoms with van der Waals surface area (Å²) in [7, 11) is -3.65. The van der Waals surface area contributed by atoms with Crippen LogP contribution < -0.4 is 9.62 Å². The van der Waals surface area contributed by atoms with Crippen LogP contribution in [-0.2, 0) is 19.6 Å². The van der Waals surface area contributed by atoms with Gasteiger partial charge in [0.15, 0.2) is 0 Å². The summed E-state index contributed by atoms with van der Waals surface area (Å²) in [4.78, 5) is 24.7. The molecule has 0 fully saturated rings. The Labute approximate surface area is 191 Å². The lowest BCUT2D eigenvalue weighted by Gasteiger charge is -2.18. The van der Waals surface area contributed by atoms with Gasteiger partial charge >= 0.3 is 5.97 Å². The van der Waals surface area contributed by atoms with Crippen molar-refractivity contribution in [3.05, 3.63) is 65.2 Å². The zero-order valence-corrected chi connectivity index (χ0v) is 18.9. The van der Waals surface area contributed by atoms with Crippen LogP contribution in [0.5, 0.6) is 0 Å². The summed E-state index contributed by atoms with van der Waals surface area (Å²) in [5, 5.41) is 4.53. The van der Waals surface area contributed by atoms with E-state index < -0.39 is 16.0 Å². The lowest BCUT2D eigenvalue weighted by atomic mass is 10.1. The maximum absolute atomic E-state index is 13.0. The van der Waals surface area contributed by atoms with E-state index in [4.69, 9.17) is 16.3 Å². The Kier molecular flexibility index (Phi) is 6.08. The van der Waals surface area contributed by atoms with Crippen LogP contribution >= 0.6 is 11.6 Å².